The van der Waals surface area contributed by atoms with E-state index >= 15 is 0 Å². The fraction of sp³-hybridized carbons (Fsp3) is 0.647. The maximum atomic E-state index is 3.59. The first-order chi connectivity index (χ1) is 9.29. The molecule has 1 aromatic rings. The largest absolute Gasteiger partial charge is 0.317 e. The van der Waals surface area contributed by atoms with Gasteiger partial charge in [-0.3, -0.25) is 0 Å². The van der Waals surface area contributed by atoms with Crippen molar-refractivity contribution in [3.8, 4) is 0 Å². The van der Waals surface area contributed by atoms with E-state index in [0.717, 1.165) is 18.4 Å². The van der Waals surface area contributed by atoms with Crippen LogP contribution in [0.4, 0.5) is 0 Å². The zero-order valence-electron chi connectivity index (χ0n) is 12.0. The molecule has 1 atom stereocenters. The first kappa shape index (κ1) is 15.1. The average molecular weight is 324 g/mol. The molecule has 1 aliphatic rings. The van der Waals surface area contributed by atoms with Crippen LogP contribution in [0, 0.1) is 11.8 Å². The van der Waals surface area contributed by atoms with Crippen molar-refractivity contribution < 1.29 is 0 Å². The summed E-state index contributed by atoms with van der Waals surface area (Å²) in [4.78, 5) is 0. The molecule has 0 aliphatic heterocycles. The third-order valence-electron chi connectivity index (χ3n) is 4.36. The van der Waals surface area contributed by atoms with E-state index in [9.17, 15) is 0 Å². The van der Waals surface area contributed by atoms with Gasteiger partial charge in [0.2, 0.25) is 0 Å². The Kier molecular flexibility index (Phi) is 6.39. The van der Waals surface area contributed by atoms with Crippen LogP contribution in [0.5, 0.6) is 0 Å². The van der Waals surface area contributed by atoms with E-state index in [0.29, 0.717) is 0 Å². The molecule has 1 N–H and O–H groups in total. The van der Waals surface area contributed by atoms with Gasteiger partial charge in [0.25, 0.3) is 0 Å². The Bertz CT molecular complexity index is 371. The molecule has 1 nitrogen and oxygen atoms in total. The van der Waals surface area contributed by atoms with Crippen molar-refractivity contribution in [2.75, 3.05) is 13.1 Å². The maximum absolute atomic E-state index is 3.59. The highest BCUT2D eigenvalue weighted by Crippen LogP contribution is 2.32. The highest BCUT2D eigenvalue weighted by atomic mass is 79.9. The monoisotopic (exact) mass is 323 g/mol. The number of benzene rings is 1. The molecule has 2 heteroatoms. The molecule has 0 saturated heterocycles. The summed E-state index contributed by atoms with van der Waals surface area (Å²) in [5.74, 6) is 1.72. The molecule has 1 unspecified atom stereocenters. The Morgan fingerprint density at radius 3 is 2.74 bits per heavy atom. The van der Waals surface area contributed by atoms with Gasteiger partial charge in [-0.25, -0.2) is 0 Å². The zero-order chi connectivity index (χ0) is 13.5. The molecule has 1 aliphatic carbocycles. The molecule has 19 heavy (non-hydrogen) atoms. The minimum atomic E-state index is 0.801. The third kappa shape index (κ3) is 4.92. The van der Waals surface area contributed by atoms with Gasteiger partial charge in [-0.2, -0.15) is 0 Å². The van der Waals surface area contributed by atoms with Gasteiger partial charge in [0, 0.05) is 4.47 Å². The van der Waals surface area contributed by atoms with E-state index in [1.807, 2.05) is 0 Å². The summed E-state index contributed by atoms with van der Waals surface area (Å²) in [5.41, 5.74) is 1.47. The smallest absolute Gasteiger partial charge is 0.0177 e. The molecule has 2 rings (SSSR count). The second kappa shape index (κ2) is 8.06. The van der Waals surface area contributed by atoms with Crippen LogP contribution in [-0.2, 0) is 6.42 Å². The van der Waals surface area contributed by atoms with Crippen LogP contribution in [0.1, 0.15) is 44.6 Å². The van der Waals surface area contributed by atoms with Crippen LogP contribution in [0.3, 0.4) is 0 Å². The molecule has 0 heterocycles. The van der Waals surface area contributed by atoms with Crippen molar-refractivity contribution in [1.82, 2.24) is 5.32 Å². The van der Waals surface area contributed by atoms with Gasteiger partial charge >= 0.3 is 0 Å². The fourth-order valence-electron chi connectivity index (χ4n) is 3.31. The van der Waals surface area contributed by atoms with Crippen molar-refractivity contribution in [2.24, 2.45) is 11.8 Å². The molecule has 0 spiro atoms. The van der Waals surface area contributed by atoms with E-state index in [1.165, 1.54) is 55.1 Å². The lowest BCUT2D eigenvalue weighted by molar-refractivity contribution is 0.240. The van der Waals surface area contributed by atoms with Crippen molar-refractivity contribution >= 4 is 15.9 Å². The fourth-order valence-corrected chi connectivity index (χ4v) is 3.75. The van der Waals surface area contributed by atoms with Gasteiger partial charge < -0.3 is 5.32 Å². The summed E-state index contributed by atoms with van der Waals surface area (Å²) in [5, 5.41) is 3.57. The Morgan fingerprint density at radius 2 is 2.05 bits per heavy atom. The number of halogens is 1. The van der Waals surface area contributed by atoms with Gasteiger partial charge in [-0.15, -0.1) is 0 Å². The third-order valence-corrected chi connectivity index (χ3v) is 4.85. The van der Waals surface area contributed by atoms with E-state index in [4.69, 9.17) is 0 Å². The molecule has 1 saturated carbocycles. The lowest BCUT2D eigenvalue weighted by Crippen LogP contribution is -2.31. The van der Waals surface area contributed by atoms with Crippen molar-refractivity contribution in [1.29, 1.82) is 0 Å². The summed E-state index contributed by atoms with van der Waals surface area (Å²) >= 11 is 3.59. The maximum Gasteiger partial charge on any atom is 0.0177 e. The van der Waals surface area contributed by atoms with Crippen LogP contribution >= 0.6 is 15.9 Å². The summed E-state index contributed by atoms with van der Waals surface area (Å²) in [6.07, 6.45) is 8.41. The van der Waals surface area contributed by atoms with E-state index < -0.39 is 0 Å². The zero-order valence-corrected chi connectivity index (χ0v) is 13.6. The normalized spacial score (nSPS) is 18.4. The molecule has 0 radical (unpaired) electrons. The standard InChI is InChI=1S/C17H26BrN/c1-2-19-13-16(15-8-4-3-5-9-15)11-14-7-6-10-17(18)12-14/h6-7,10,12,15-16,19H,2-5,8-9,11,13H2,1H3. The Hall–Kier alpha value is -0.340. The first-order valence-corrected chi connectivity index (χ1v) is 8.54. The quantitative estimate of drug-likeness (QED) is 0.793. The number of hydrogen-bond acceptors (Lipinski definition) is 1. The first-order valence-electron chi connectivity index (χ1n) is 7.74. The van der Waals surface area contributed by atoms with Crippen LogP contribution in [0.2, 0.25) is 0 Å². The van der Waals surface area contributed by atoms with Gasteiger partial charge in [-0.1, -0.05) is 67.1 Å². The highest BCUT2D eigenvalue weighted by Gasteiger charge is 2.23. The van der Waals surface area contributed by atoms with E-state index in [2.05, 4.69) is 52.4 Å². The number of nitrogens with one attached hydrogen (secondary N) is 1. The topological polar surface area (TPSA) is 12.0 Å². The van der Waals surface area contributed by atoms with Crippen molar-refractivity contribution in [3.63, 3.8) is 0 Å². The number of hydrogen-bond donors (Lipinski definition) is 1. The lowest BCUT2D eigenvalue weighted by atomic mass is 9.77. The minimum absolute atomic E-state index is 0.801. The van der Waals surface area contributed by atoms with Gasteiger partial charge in [-0.05, 0) is 49.0 Å². The van der Waals surface area contributed by atoms with Crippen LogP contribution in [0.25, 0.3) is 0 Å². The molecule has 0 amide bonds. The molecule has 106 valence electrons. The van der Waals surface area contributed by atoms with Crippen LogP contribution < -0.4 is 5.32 Å². The van der Waals surface area contributed by atoms with Gasteiger partial charge in [0.1, 0.15) is 0 Å². The molecule has 1 aromatic carbocycles. The highest BCUT2D eigenvalue weighted by molar-refractivity contribution is 9.10. The lowest BCUT2D eigenvalue weighted by Gasteiger charge is -2.30. The predicted molar refractivity (Wildman–Crippen MR) is 86.5 cm³/mol. The SMILES string of the molecule is CCNCC(Cc1cccc(Br)c1)C1CCCCC1. The van der Waals surface area contributed by atoms with E-state index in [-0.39, 0.29) is 0 Å². The van der Waals surface area contributed by atoms with Crippen LogP contribution in [0.15, 0.2) is 28.7 Å². The second-order valence-electron chi connectivity index (χ2n) is 5.80. The van der Waals surface area contributed by atoms with Gasteiger partial charge in [0.05, 0.1) is 0 Å². The molecular weight excluding hydrogens is 298 g/mol. The minimum Gasteiger partial charge on any atom is -0.317 e. The molecule has 0 bridgehead atoms. The summed E-state index contributed by atoms with van der Waals surface area (Å²) in [6.45, 7) is 4.46. The van der Waals surface area contributed by atoms with Crippen LogP contribution in [-0.4, -0.2) is 13.1 Å². The molecule has 0 aromatic heterocycles. The molecule has 1 fully saturated rings. The Morgan fingerprint density at radius 1 is 1.26 bits per heavy atom. The second-order valence-corrected chi connectivity index (χ2v) is 6.72. The van der Waals surface area contributed by atoms with Crippen molar-refractivity contribution in [2.45, 2.75) is 45.4 Å². The van der Waals surface area contributed by atoms with E-state index in [1.54, 1.807) is 0 Å². The van der Waals surface area contributed by atoms with Gasteiger partial charge in [0.15, 0.2) is 0 Å². The summed E-state index contributed by atoms with van der Waals surface area (Å²) in [7, 11) is 0. The summed E-state index contributed by atoms with van der Waals surface area (Å²) < 4.78 is 1.20. The summed E-state index contributed by atoms with van der Waals surface area (Å²) in [6, 6.07) is 8.82. The Labute approximate surface area is 126 Å². The Balaban J connectivity index is 1.99. The van der Waals surface area contributed by atoms with Crippen molar-refractivity contribution in [3.05, 3.63) is 34.3 Å². The average Bonchev–Trinajstić information content (AvgIpc) is 2.44. The predicted octanol–water partition coefficient (Wildman–Crippen LogP) is 4.80. The molecular formula is C17H26BrN. The number of rotatable bonds is 6.